The molecule has 0 saturated carbocycles. The van der Waals surface area contributed by atoms with Gasteiger partial charge in [0.1, 0.15) is 17.7 Å². The molecule has 28 heavy (non-hydrogen) atoms. The molecule has 1 aliphatic heterocycles. The lowest BCUT2D eigenvalue weighted by Crippen LogP contribution is -2.45. The molecular formula is C18H15F4N3O3. The van der Waals surface area contributed by atoms with E-state index in [1.807, 2.05) is 0 Å². The number of ether oxygens (including phenoxy) is 1. The van der Waals surface area contributed by atoms with Crippen LogP contribution in [0.3, 0.4) is 0 Å². The van der Waals surface area contributed by atoms with Crippen LogP contribution in [0.1, 0.15) is 11.5 Å². The van der Waals surface area contributed by atoms with Crippen LogP contribution in [0.4, 0.5) is 28.0 Å². The molecule has 1 aliphatic rings. The molecule has 3 rings (SSSR count). The molecular weight excluding hydrogens is 382 g/mol. The standard InChI is InChI=1S/C18H15F4N3O3/c1-28-12-6-11(20)13(15(22)14(12)21)10-7-23-17(26)16(10)25-18(27)24-9-4-2-8(19)3-5-9/h2-6,10,16H,7H2,1H3,(H,23,26)(H2,24,25,27)/t10-,16-/m0/s1. The molecule has 0 radical (unpaired) electrons. The Morgan fingerprint density at radius 3 is 2.46 bits per heavy atom. The van der Waals surface area contributed by atoms with Gasteiger partial charge in [-0.1, -0.05) is 0 Å². The maximum absolute atomic E-state index is 14.4. The molecule has 0 spiro atoms. The number of amides is 3. The Hall–Kier alpha value is -3.30. The predicted octanol–water partition coefficient (Wildman–Crippen LogP) is 2.66. The van der Waals surface area contributed by atoms with Crippen LogP contribution in [-0.4, -0.2) is 31.6 Å². The SMILES string of the molecule is COc1cc(F)c([C@@H]2CNC(=O)[C@H]2NC(=O)Nc2ccc(F)cc2)c(F)c1F. The summed E-state index contributed by atoms with van der Waals surface area (Å²) in [4.78, 5) is 24.2. The van der Waals surface area contributed by atoms with Crippen LogP contribution in [0, 0.1) is 23.3 Å². The van der Waals surface area contributed by atoms with E-state index in [0.717, 1.165) is 19.2 Å². The molecule has 1 saturated heterocycles. The van der Waals surface area contributed by atoms with Gasteiger partial charge >= 0.3 is 6.03 Å². The van der Waals surface area contributed by atoms with Crippen molar-refractivity contribution < 1.29 is 31.9 Å². The van der Waals surface area contributed by atoms with Crippen LogP contribution < -0.4 is 20.7 Å². The van der Waals surface area contributed by atoms with Crippen molar-refractivity contribution >= 4 is 17.6 Å². The van der Waals surface area contributed by atoms with Crippen molar-refractivity contribution in [2.45, 2.75) is 12.0 Å². The first kappa shape index (κ1) is 19.5. The summed E-state index contributed by atoms with van der Waals surface area (Å²) in [7, 11) is 1.06. The number of hydrogen-bond donors (Lipinski definition) is 3. The van der Waals surface area contributed by atoms with Gasteiger partial charge in [0.15, 0.2) is 11.6 Å². The molecule has 0 aliphatic carbocycles. The summed E-state index contributed by atoms with van der Waals surface area (Å²) in [6.45, 7) is -0.208. The average Bonchev–Trinajstić information content (AvgIpc) is 3.00. The maximum Gasteiger partial charge on any atom is 0.319 e. The van der Waals surface area contributed by atoms with Crippen LogP contribution in [-0.2, 0) is 4.79 Å². The number of rotatable bonds is 4. The second-order valence-electron chi connectivity index (χ2n) is 6.04. The van der Waals surface area contributed by atoms with Crippen molar-refractivity contribution in [3.05, 3.63) is 59.2 Å². The molecule has 2 aromatic carbocycles. The van der Waals surface area contributed by atoms with Gasteiger partial charge in [-0.25, -0.2) is 18.0 Å². The van der Waals surface area contributed by atoms with Crippen molar-refractivity contribution in [2.24, 2.45) is 0 Å². The molecule has 0 aromatic heterocycles. The topological polar surface area (TPSA) is 79.5 Å². The molecule has 0 bridgehead atoms. The molecule has 2 atom stereocenters. The molecule has 3 amide bonds. The number of anilines is 1. The van der Waals surface area contributed by atoms with Crippen LogP contribution in [0.5, 0.6) is 5.75 Å². The fraction of sp³-hybridized carbons (Fsp3) is 0.222. The van der Waals surface area contributed by atoms with Crippen molar-refractivity contribution in [1.82, 2.24) is 10.6 Å². The quantitative estimate of drug-likeness (QED) is 0.548. The highest BCUT2D eigenvalue weighted by Gasteiger charge is 2.41. The highest BCUT2D eigenvalue weighted by Crippen LogP contribution is 2.33. The lowest BCUT2D eigenvalue weighted by Gasteiger charge is -2.20. The monoisotopic (exact) mass is 397 g/mol. The maximum atomic E-state index is 14.4. The van der Waals surface area contributed by atoms with E-state index in [4.69, 9.17) is 0 Å². The summed E-state index contributed by atoms with van der Waals surface area (Å²) in [5, 5.41) is 7.05. The van der Waals surface area contributed by atoms with Crippen molar-refractivity contribution in [2.75, 3.05) is 19.0 Å². The van der Waals surface area contributed by atoms with Gasteiger partial charge < -0.3 is 20.7 Å². The first-order valence-electron chi connectivity index (χ1n) is 8.14. The number of hydrogen-bond acceptors (Lipinski definition) is 3. The van der Waals surface area contributed by atoms with Gasteiger partial charge in [-0.3, -0.25) is 4.79 Å². The molecule has 1 fully saturated rings. The fourth-order valence-electron chi connectivity index (χ4n) is 2.97. The molecule has 10 heteroatoms. The largest absolute Gasteiger partial charge is 0.493 e. The van der Waals surface area contributed by atoms with Gasteiger partial charge in [0, 0.05) is 29.8 Å². The number of urea groups is 1. The van der Waals surface area contributed by atoms with E-state index in [1.54, 1.807) is 0 Å². The van der Waals surface area contributed by atoms with E-state index in [0.29, 0.717) is 6.07 Å². The third kappa shape index (κ3) is 3.71. The Bertz CT molecular complexity index is 921. The molecule has 2 aromatic rings. The van der Waals surface area contributed by atoms with Gasteiger partial charge in [-0.05, 0) is 24.3 Å². The predicted molar refractivity (Wildman–Crippen MR) is 91.0 cm³/mol. The highest BCUT2D eigenvalue weighted by molar-refractivity contribution is 5.95. The Morgan fingerprint density at radius 2 is 1.82 bits per heavy atom. The van der Waals surface area contributed by atoms with Crippen molar-refractivity contribution in [1.29, 1.82) is 0 Å². The number of halogens is 4. The zero-order valence-corrected chi connectivity index (χ0v) is 14.5. The van der Waals surface area contributed by atoms with Gasteiger partial charge in [-0.15, -0.1) is 0 Å². The van der Waals surface area contributed by atoms with Crippen LogP contribution in [0.15, 0.2) is 30.3 Å². The summed E-state index contributed by atoms with van der Waals surface area (Å²) < 4.78 is 60.2. The van der Waals surface area contributed by atoms with E-state index in [1.165, 1.54) is 12.1 Å². The number of carbonyl (C=O) groups excluding carboxylic acids is 2. The number of methoxy groups -OCH3 is 1. The number of carbonyl (C=O) groups is 2. The second-order valence-corrected chi connectivity index (χ2v) is 6.04. The zero-order chi connectivity index (χ0) is 20.4. The minimum Gasteiger partial charge on any atom is -0.493 e. The fourth-order valence-corrected chi connectivity index (χ4v) is 2.97. The van der Waals surface area contributed by atoms with Crippen LogP contribution >= 0.6 is 0 Å². The highest BCUT2D eigenvalue weighted by atomic mass is 19.2. The first-order chi connectivity index (χ1) is 13.3. The number of benzene rings is 2. The van der Waals surface area contributed by atoms with Gasteiger partial charge in [0.05, 0.1) is 7.11 Å². The van der Waals surface area contributed by atoms with Crippen molar-refractivity contribution in [3.63, 3.8) is 0 Å². The summed E-state index contributed by atoms with van der Waals surface area (Å²) in [5.41, 5.74) is -0.439. The minimum atomic E-state index is -1.50. The van der Waals surface area contributed by atoms with E-state index in [9.17, 15) is 27.2 Å². The number of nitrogens with one attached hydrogen (secondary N) is 3. The normalized spacial score (nSPS) is 18.5. The Morgan fingerprint density at radius 1 is 1.14 bits per heavy atom. The molecule has 148 valence electrons. The lowest BCUT2D eigenvalue weighted by molar-refractivity contribution is -0.120. The van der Waals surface area contributed by atoms with Gasteiger partial charge in [0.2, 0.25) is 11.7 Å². The van der Waals surface area contributed by atoms with E-state index in [-0.39, 0.29) is 12.2 Å². The van der Waals surface area contributed by atoms with Gasteiger partial charge in [0.25, 0.3) is 0 Å². The van der Waals surface area contributed by atoms with E-state index in [2.05, 4.69) is 20.7 Å². The smallest absolute Gasteiger partial charge is 0.319 e. The third-order valence-corrected chi connectivity index (χ3v) is 4.32. The molecule has 6 nitrogen and oxygen atoms in total. The molecule has 1 heterocycles. The first-order valence-corrected chi connectivity index (χ1v) is 8.14. The van der Waals surface area contributed by atoms with Crippen LogP contribution in [0.2, 0.25) is 0 Å². The third-order valence-electron chi connectivity index (χ3n) is 4.32. The summed E-state index contributed by atoms with van der Waals surface area (Å²) in [6, 6.07) is 3.28. The average molecular weight is 397 g/mol. The zero-order valence-electron chi connectivity index (χ0n) is 14.5. The van der Waals surface area contributed by atoms with E-state index >= 15 is 0 Å². The summed E-state index contributed by atoms with van der Waals surface area (Å²) >= 11 is 0. The van der Waals surface area contributed by atoms with Crippen molar-refractivity contribution in [3.8, 4) is 5.75 Å². The van der Waals surface area contributed by atoms with Crippen LogP contribution in [0.25, 0.3) is 0 Å². The Kier molecular flexibility index (Phi) is 5.39. The minimum absolute atomic E-state index is 0.208. The Labute approximate surface area is 156 Å². The lowest BCUT2D eigenvalue weighted by atomic mass is 9.92. The summed E-state index contributed by atoms with van der Waals surface area (Å²) in [5.74, 6) is -7.00. The Balaban J connectivity index is 1.83. The molecule has 3 N–H and O–H groups in total. The van der Waals surface area contributed by atoms with E-state index < -0.39 is 58.5 Å². The molecule has 0 unspecified atom stereocenters. The van der Waals surface area contributed by atoms with Gasteiger partial charge in [-0.2, -0.15) is 4.39 Å². The second kappa shape index (κ2) is 7.75. The summed E-state index contributed by atoms with van der Waals surface area (Å²) in [6.07, 6.45) is 0.